The number of hydrogen-bond donors (Lipinski definition) is 0. The van der Waals surface area contributed by atoms with Crippen molar-refractivity contribution in [1.29, 1.82) is 0 Å². The number of fused-ring (bicyclic) bond motifs is 6. The molecule has 3 aliphatic heterocycles. The minimum absolute atomic E-state index is 0.159. The lowest BCUT2D eigenvalue weighted by atomic mass is 9.79. The van der Waals surface area contributed by atoms with Crippen LogP contribution in [0, 0.1) is 0 Å². The Kier molecular flexibility index (Phi) is 4.55. The van der Waals surface area contributed by atoms with E-state index in [0.717, 1.165) is 72.5 Å². The zero-order chi connectivity index (χ0) is 21.9. The molecule has 0 amide bonds. The summed E-state index contributed by atoms with van der Waals surface area (Å²) < 4.78 is 20.9. The molecule has 3 heterocycles. The van der Waals surface area contributed by atoms with Crippen LogP contribution in [-0.2, 0) is 0 Å². The van der Waals surface area contributed by atoms with Gasteiger partial charge in [0.15, 0.2) is 0 Å². The van der Waals surface area contributed by atoms with Crippen LogP contribution in [0.1, 0.15) is 113 Å². The first-order valence-corrected chi connectivity index (χ1v) is 13.6. The third-order valence-electron chi connectivity index (χ3n) is 9.14. The molecule has 0 atom stereocenters. The molecule has 0 bridgehead atoms. The van der Waals surface area contributed by atoms with Gasteiger partial charge in [-0.2, -0.15) is 0 Å². The molecule has 174 valence electrons. The summed E-state index contributed by atoms with van der Waals surface area (Å²) >= 11 is 0. The van der Waals surface area contributed by atoms with Crippen LogP contribution in [0.2, 0.25) is 0 Å². The standard InChI is InChI=1S/C30H36O3/c1-4-13-28(14-5-1)19-10-22-25(31-28)23-11-20-29(15-6-2-7-16-29)33-27(23)24-12-21-30(32-26(22)24)17-8-3-9-18-30/h10-12,19-21H,1-9,13-18H2. The van der Waals surface area contributed by atoms with E-state index in [4.69, 9.17) is 14.2 Å². The number of benzene rings is 1. The van der Waals surface area contributed by atoms with Gasteiger partial charge in [0, 0.05) is 0 Å². The van der Waals surface area contributed by atoms with Gasteiger partial charge >= 0.3 is 0 Å². The first-order chi connectivity index (χ1) is 16.2. The van der Waals surface area contributed by atoms with E-state index < -0.39 is 0 Å². The average molecular weight is 445 g/mol. The number of hydrogen-bond acceptors (Lipinski definition) is 3. The van der Waals surface area contributed by atoms with Crippen molar-refractivity contribution in [3.63, 3.8) is 0 Å². The Balaban J connectivity index is 1.38. The van der Waals surface area contributed by atoms with Gasteiger partial charge < -0.3 is 14.2 Å². The van der Waals surface area contributed by atoms with E-state index >= 15 is 0 Å². The largest absolute Gasteiger partial charge is 0.482 e. The van der Waals surface area contributed by atoms with Gasteiger partial charge in [-0.05, 0) is 114 Å². The van der Waals surface area contributed by atoms with Crippen LogP contribution >= 0.6 is 0 Å². The lowest BCUT2D eigenvalue weighted by Crippen LogP contribution is -2.41. The summed E-state index contributed by atoms with van der Waals surface area (Å²) in [6.07, 6.45) is 32.0. The second kappa shape index (κ2) is 7.42. The predicted octanol–water partition coefficient (Wildman–Crippen LogP) is 8.01. The Hall–Kier alpha value is -2.16. The van der Waals surface area contributed by atoms with Crippen LogP contribution in [0.5, 0.6) is 17.2 Å². The lowest BCUT2D eigenvalue weighted by Gasteiger charge is -2.44. The summed E-state index contributed by atoms with van der Waals surface area (Å²) in [6.45, 7) is 0. The van der Waals surface area contributed by atoms with E-state index in [9.17, 15) is 0 Å². The Morgan fingerprint density at radius 3 is 0.939 bits per heavy atom. The molecule has 1 aromatic carbocycles. The molecule has 3 saturated carbocycles. The summed E-state index contributed by atoms with van der Waals surface area (Å²) in [7, 11) is 0. The first kappa shape index (κ1) is 20.2. The maximum absolute atomic E-state index is 6.95. The lowest BCUT2D eigenvalue weighted by molar-refractivity contribution is 0.0563. The van der Waals surface area contributed by atoms with Crippen LogP contribution in [-0.4, -0.2) is 16.8 Å². The van der Waals surface area contributed by atoms with Gasteiger partial charge in [-0.1, -0.05) is 19.3 Å². The van der Waals surface area contributed by atoms with Crippen LogP contribution in [0.4, 0.5) is 0 Å². The predicted molar refractivity (Wildman–Crippen MR) is 133 cm³/mol. The van der Waals surface area contributed by atoms with Gasteiger partial charge in [0.05, 0.1) is 16.7 Å². The molecule has 0 N–H and O–H groups in total. The molecule has 0 saturated heterocycles. The van der Waals surface area contributed by atoms with Crippen molar-refractivity contribution >= 4 is 18.2 Å². The molecule has 0 radical (unpaired) electrons. The third-order valence-corrected chi connectivity index (χ3v) is 9.14. The first-order valence-electron chi connectivity index (χ1n) is 13.6. The van der Waals surface area contributed by atoms with Crippen molar-refractivity contribution in [1.82, 2.24) is 0 Å². The summed E-state index contributed by atoms with van der Waals surface area (Å²) in [5.74, 6) is 2.99. The van der Waals surface area contributed by atoms with Crippen LogP contribution in [0.15, 0.2) is 18.2 Å². The average Bonchev–Trinajstić information content (AvgIpc) is 2.85. The zero-order valence-electron chi connectivity index (χ0n) is 19.8. The van der Waals surface area contributed by atoms with E-state index in [-0.39, 0.29) is 16.8 Å². The fourth-order valence-electron chi connectivity index (χ4n) is 7.20. The Bertz CT molecular complexity index is 886. The van der Waals surface area contributed by atoms with Crippen molar-refractivity contribution in [3.8, 4) is 17.2 Å². The molecule has 3 nitrogen and oxygen atoms in total. The topological polar surface area (TPSA) is 27.7 Å². The fourth-order valence-corrected chi connectivity index (χ4v) is 7.20. The van der Waals surface area contributed by atoms with Gasteiger partial charge in [0.1, 0.15) is 34.1 Å². The third kappa shape index (κ3) is 3.21. The molecular formula is C30H36O3. The van der Waals surface area contributed by atoms with Gasteiger partial charge in [-0.3, -0.25) is 0 Å². The highest BCUT2D eigenvalue weighted by Gasteiger charge is 2.44. The van der Waals surface area contributed by atoms with E-state index in [1.54, 1.807) is 0 Å². The van der Waals surface area contributed by atoms with Crippen molar-refractivity contribution in [3.05, 3.63) is 34.9 Å². The summed E-state index contributed by atoms with van der Waals surface area (Å²) in [5, 5.41) is 0. The molecule has 3 spiro atoms. The monoisotopic (exact) mass is 444 g/mol. The van der Waals surface area contributed by atoms with E-state index in [1.807, 2.05) is 0 Å². The van der Waals surface area contributed by atoms with Crippen molar-refractivity contribution in [2.24, 2.45) is 0 Å². The Morgan fingerprint density at radius 2 is 0.667 bits per heavy atom. The van der Waals surface area contributed by atoms with Gasteiger partial charge in [-0.15, -0.1) is 0 Å². The van der Waals surface area contributed by atoms with Crippen LogP contribution in [0.3, 0.4) is 0 Å². The van der Waals surface area contributed by atoms with Crippen LogP contribution < -0.4 is 14.2 Å². The second-order valence-electron chi connectivity index (χ2n) is 11.4. The molecule has 0 aromatic heterocycles. The van der Waals surface area contributed by atoms with Crippen molar-refractivity contribution in [2.75, 3.05) is 0 Å². The normalized spacial score (nSPS) is 27.3. The van der Waals surface area contributed by atoms with Gasteiger partial charge in [0.2, 0.25) is 0 Å². The highest BCUT2D eigenvalue weighted by molar-refractivity contribution is 5.87. The molecule has 3 aliphatic carbocycles. The summed E-state index contributed by atoms with van der Waals surface area (Å²) in [5.41, 5.74) is 2.90. The second-order valence-corrected chi connectivity index (χ2v) is 11.4. The Morgan fingerprint density at radius 1 is 0.394 bits per heavy atom. The number of rotatable bonds is 0. The molecule has 6 aliphatic rings. The Labute approximate surface area is 197 Å². The molecule has 3 heteroatoms. The molecule has 3 fully saturated rings. The van der Waals surface area contributed by atoms with Gasteiger partial charge in [0.25, 0.3) is 0 Å². The van der Waals surface area contributed by atoms with Gasteiger partial charge in [-0.25, -0.2) is 0 Å². The van der Waals surface area contributed by atoms with E-state index in [0.29, 0.717) is 0 Å². The summed E-state index contributed by atoms with van der Waals surface area (Å²) in [6, 6.07) is 0. The molecule has 33 heavy (non-hydrogen) atoms. The molecular weight excluding hydrogens is 408 g/mol. The van der Waals surface area contributed by atoms with Crippen LogP contribution in [0.25, 0.3) is 18.2 Å². The smallest absolute Gasteiger partial charge is 0.142 e. The van der Waals surface area contributed by atoms with E-state index in [2.05, 4.69) is 36.5 Å². The van der Waals surface area contributed by atoms with Crippen molar-refractivity contribution in [2.45, 2.75) is 113 Å². The maximum Gasteiger partial charge on any atom is 0.142 e. The minimum atomic E-state index is -0.159. The zero-order valence-corrected chi connectivity index (χ0v) is 19.8. The highest BCUT2D eigenvalue weighted by Crippen LogP contribution is 2.56. The quantitative estimate of drug-likeness (QED) is 0.405. The maximum atomic E-state index is 6.95. The fraction of sp³-hybridized carbons (Fsp3) is 0.600. The molecule has 0 unspecified atom stereocenters. The minimum Gasteiger partial charge on any atom is -0.482 e. The molecule has 7 rings (SSSR count). The van der Waals surface area contributed by atoms with E-state index in [1.165, 1.54) is 57.8 Å². The molecule has 1 aromatic rings. The SMILES string of the molecule is C1=CC2(CCCCC2)Oc2c3c(c4c(c21)OC1(C=C4)CCCCC1)OC1(C=C3)CCCCC1. The van der Waals surface area contributed by atoms with Crippen molar-refractivity contribution < 1.29 is 14.2 Å². The summed E-state index contributed by atoms with van der Waals surface area (Å²) in [4.78, 5) is 0. The highest BCUT2D eigenvalue weighted by atomic mass is 16.5. The number of ether oxygens (including phenoxy) is 3.